The Morgan fingerprint density at radius 3 is 2.65 bits per heavy atom. The van der Waals surface area contributed by atoms with Gasteiger partial charge in [-0.1, -0.05) is 44.2 Å². The van der Waals surface area contributed by atoms with Gasteiger partial charge in [-0.05, 0) is 80.0 Å². The van der Waals surface area contributed by atoms with E-state index in [-0.39, 0.29) is 41.4 Å². The average Bonchev–Trinajstić information content (AvgIpc) is 3.72. The molecule has 2 aromatic rings. The third kappa shape index (κ3) is 4.82. The van der Waals surface area contributed by atoms with Gasteiger partial charge in [-0.15, -0.1) is 0 Å². The molecule has 2 aliphatic heterocycles. The predicted molar refractivity (Wildman–Crippen MR) is 164 cm³/mol. The molecule has 2 unspecified atom stereocenters. The number of hydrogen-bond acceptors (Lipinski definition) is 7. The Hall–Kier alpha value is -2.46. The molecule has 2 heterocycles. The van der Waals surface area contributed by atoms with Crippen molar-refractivity contribution in [3.63, 3.8) is 0 Å². The van der Waals surface area contributed by atoms with E-state index in [1.54, 1.807) is 4.31 Å². The fraction of sp³-hybridized carbons (Fsp3) is 0.618. The summed E-state index contributed by atoms with van der Waals surface area (Å²) in [5.74, 6) is 1.15. The number of phenols is 1. The van der Waals surface area contributed by atoms with Crippen molar-refractivity contribution in [3.05, 3.63) is 58.7 Å². The van der Waals surface area contributed by atoms with Gasteiger partial charge < -0.3 is 14.6 Å². The van der Waals surface area contributed by atoms with Crippen molar-refractivity contribution in [1.82, 2.24) is 9.21 Å². The first-order valence-electron chi connectivity index (χ1n) is 16.0. The van der Waals surface area contributed by atoms with Gasteiger partial charge in [0, 0.05) is 37.2 Å². The van der Waals surface area contributed by atoms with Gasteiger partial charge in [-0.2, -0.15) is 4.31 Å². The van der Waals surface area contributed by atoms with Crippen molar-refractivity contribution in [2.75, 3.05) is 33.4 Å². The Morgan fingerprint density at radius 2 is 1.95 bits per heavy atom. The van der Waals surface area contributed by atoms with E-state index in [4.69, 9.17) is 9.47 Å². The number of sulfonamides is 1. The largest absolute Gasteiger partial charge is 0.504 e. The van der Waals surface area contributed by atoms with Gasteiger partial charge in [-0.3, -0.25) is 9.69 Å². The molecule has 9 heteroatoms. The zero-order valence-corrected chi connectivity index (χ0v) is 26.3. The summed E-state index contributed by atoms with van der Waals surface area (Å²) in [4.78, 5) is 15.8. The molecule has 3 fully saturated rings. The van der Waals surface area contributed by atoms with E-state index in [1.165, 1.54) is 20.0 Å². The van der Waals surface area contributed by atoms with Crippen LogP contribution in [0.2, 0.25) is 0 Å². The second kappa shape index (κ2) is 10.9. The fourth-order valence-corrected chi connectivity index (χ4v) is 10.9. The van der Waals surface area contributed by atoms with Crippen LogP contribution >= 0.6 is 0 Å². The van der Waals surface area contributed by atoms with Gasteiger partial charge in [0.05, 0.1) is 17.4 Å². The minimum Gasteiger partial charge on any atom is -0.504 e. The lowest BCUT2D eigenvalue weighted by Gasteiger charge is -2.60. The molecule has 8 nitrogen and oxygen atoms in total. The van der Waals surface area contributed by atoms with Crippen LogP contribution in [0.5, 0.6) is 11.5 Å². The zero-order chi connectivity index (χ0) is 30.1. The van der Waals surface area contributed by atoms with Crippen molar-refractivity contribution in [2.24, 2.45) is 17.8 Å². The second-order valence-corrected chi connectivity index (χ2v) is 15.9. The maximum absolute atomic E-state index is 14.2. The highest BCUT2D eigenvalue weighted by Crippen LogP contribution is 2.65. The van der Waals surface area contributed by atoms with E-state index < -0.39 is 21.5 Å². The number of phenolic OH excluding ortho intramolecular Hbond substituents is 1. The van der Waals surface area contributed by atoms with E-state index in [9.17, 15) is 18.3 Å². The number of Topliss-reactive ketones (excluding diaryl/α,β-unsaturated/α-hetero) is 1. The monoisotopic (exact) mass is 608 g/mol. The summed E-state index contributed by atoms with van der Waals surface area (Å²) >= 11 is 0. The van der Waals surface area contributed by atoms with E-state index in [1.807, 2.05) is 36.4 Å². The number of carbonyl (C=O) groups is 1. The molecule has 1 spiro atoms. The molecule has 2 bridgehead atoms. The lowest BCUT2D eigenvalue weighted by Crippen LogP contribution is -2.69. The SMILES string of the molecule is COCC(=O)c1cc2c3c(c1O)OC1C(N(CC(C)C)S(=O)(=O)Cc4ccccc4)CC[C@H]4[C@@H](C2)N(CC2CC2)CC[C@]314. The highest BCUT2D eigenvalue weighted by Gasteiger charge is 2.67. The topological polar surface area (TPSA) is 96.4 Å². The highest BCUT2D eigenvalue weighted by molar-refractivity contribution is 7.88. The standard InChI is InChI=1S/C34H44N2O6S/c1-21(2)17-36(43(39,40)20-23-7-5-4-6-8-23)27-12-11-26-28-16-24-15-25(29(37)19-41-3)31(38)32-30(24)34(26,33(27)42-32)13-14-35(28)18-22-9-10-22/h4-8,15,21-22,26-28,33,38H,9-14,16-20H2,1-3H3/t26-,27?,28+,33?,34-/m0/s1. The van der Waals surface area contributed by atoms with Crippen LogP contribution in [-0.2, 0) is 32.3 Å². The Balaban J connectivity index is 1.33. The lowest BCUT2D eigenvalue weighted by molar-refractivity contribution is -0.0783. The minimum atomic E-state index is -3.68. The molecular formula is C34H44N2O6S. The Morgan fingerprint density at radius 1 is 1.19 bits per heavy atom. The molecule has 7 rings (SSSR count). The molecule has 1 saturated heterocycles. The predicted octanol–water partition coefficient (Wildman–Crippen LogP) is 4.53. The first-order chi connectivity index (χ1) is 20.6. The van der Waals surface area contributed by atoms with Crippen LogP contribution < -0.4 is 4.74 Å². The summed E-state index contributed by atoms with van der Waals surface area (Å²) in [5.41, 5.74) is 2.72. The Bertz CT molecular complexity index is 1510. The molecule has 5 atom stereocenters. The number of piperidine rings is 1. The summed E-state index contributed by atoms with van der Waals surface area (Å²) < 4.78 is 42.2. The molecule has 43 heavy (non-hydrogen) atoms. The summed E-state index contributed by atoms with van der Waals surface area (Å²) in [5, 5.41) is 11.5. The summed E-state index contributed by atoms with van der Waals surface area (Å²) in [6, 6.07) is 11.2. The van der Waals surface area contributed by atoms with Crippen LogP contribution in [0.1, 0.15) is 73.0 Å². The van der Waals surface area contributed by atoms with E-state index in [0.29, 0.717) is 30.7 Å². The minimum absolute atomic E-state index is 0.0584. The molecule has 5 aliphatic rings. The molecular weight excluding hydrogens is 564 g/mol. The Labute approximate surface area is 255 Å². The molecule has 0 aromatic heterocycles. The zero-order valence-electron chi connectivity index (χ0n) is 25.5. The normalized spacial score (nSPS) is 29.5. The van der Waals surface area contributed by atoms with Gasteiger partial charge in [0.15, 0.2) is 17.3 Å². The summed E-state index contributed by atoms with van der Waals surface area (Å²) in [7, 11) is -2.21. The van der Waals surface area contributed by atoms with Crippen molar-refractivity contribution >= 4 is 15.8 Å². The van der Waals surface area contributed by atoms with Gasteiger partial charge in [0.2, 0.25) is 10.0 Å². The van der Waals surface area contributed by atoms with Gasteiger partial charge >= 0.3 is 0 Å². The van der Waals surface area contributed by atoms with Gasteiger partial charge in [-0.25, -0.2) is 8.42 Å². The number of nitrogens with zero attached hydrogens (tertiary/aromatic N) is 2. The number of ether oxygens (including phenoxy) is 2. The van der Waals surface area contributed by atoms with Crippen molar-refractivity contribution < 1.29 is 27.8 Å². The van der Waals surface area contributed by atoms with E-state index in [2.05, 4.69) is 18.7 Å². The molecule has 1 N–H and O–H groups in total. The number of ketones is 1. The number of rotatable bonds is 11. The second-order valence-electron chi connectivity index (χ2n) is 14.0. The van der Waals surface area contributed by atoms with E-state index >= 15 is 0 Å². The third-order valence-corrected chi connectivity index (χ3v) is 12.6. The maximum Gasteiger partial charge on any atom is 0.218 e. The number of hydrogen-bond donors (Lipinski definition) is 1. The average molecular weight is 609 g/mol. The number of aromatic hydroxyl groups is 1. The molecule has 2 saturated carbocycles. The van der Waals surface area contributed by atoms with Crippen LogP contribution in [-0.4, -0.2) is 80.1 Å². The van der Waals surface area contributed by atoms with Gasteiger partial charge in [0.25, 0.3) is 0 Å². The van der Waals surface area contributed by atoms with E-state index in [0.717, 1.165) is 55.0 Å². The quantitative estimate of drug-likeness (QED) is 0.375. The Kier molecular flexibility index (Phi) is 7.39. The van der Waals surface area contributed by atoms with Crippen LogP contribution in [0.4, 0.5) is 0 Å². The van der Waals surface area contributed by atoms with Crippen LogP contribution in [0, 0.1) is 17.8 Å². The van der Waals surface area contributed by atoms with Crippen molar-refractivity contribution in [3.8, 4) is 11.5 Å². The van der Waals surface area contributed by atoms with Gasteiger partial charge in [0.1, 0.15) is 12.7 Å². The molecule has 0 radical (unpaired) electrons. The van der Waals surface area contributed by atoms with Crippen LogP contribution in [0.3, 0.4) is 0 Å². The van der Waals surface area contributed by atoms with Crippen LogP contribution in [0.25, 0.3) is 0 Å². The number of likely N-dealkylation sites (tertiary alicyclic amines) is 1. The van der Waals surface area contributed by atoms with Crippen LogP contribution in [0.15, 0.2) is 36.4 Å². The lowest BCUT2D eigenvalue weighted by atomic mass is 9.51. The number of methoxy groups -OCH3 is 1. The number of benzene rings is 2. The third-order valence-electron chi connectivity index (χ3n) is 10.7. The smallest absolute Gasteiger partial charge is 0.218 e. The molecule has 232 valence electrons. The molecule has 0 amide bonds. The maximum atomic E-state index is 14.2. The van der Waals surface area contributed by atoms with Crippen molar-refractivity contribution in [1.29, 1.82) is 0 Å². The highest BCUT2D eigenvalue weighted by atomic mass is 32.2. The summed E-state index contributed by atoms with van der Waals surface area (Å²) in [6.45, 7) is 6.45. The van der Waals surface area contributed by atoms with Crippen molar-refractivity contribution in [2.45, 2.75) is 81.7 Å². The fourth-order valence-electron chi connectivity index (χ4n) is 8.93. The summed E-state index contributed by atoms with van der Waals surface area (Å²) in [6.07, 6.45) is 5.47. The number of carbonyl (C=O) groups excluding carboxylic acids is 1. The molecule has 3 aliphatic carbocycles. The molecule has 2 aromatic carbocycles. The first-order valence-corrected chi connectivity index (χ1v) is 17.6. The first kappa shape index (κ1) is 29.3.